The van der Waals surface area contributed by atoms with E-state index in [0.29, 0.717) is 17.0 Å². The maximum atomic E-state index is 12.1. The van der Waals surface area contributed by atoms with Gasteiger partial charge in [0.1, 0.15) is 5.75 Å². The van der Waals surface area contributed by atoms with E-state index >= 15 is 0 Å². The summed E-state index contributed by atoms with van der Waals surface area (Å²) in [5, 5.41) is 2.76. The second kappa shape index (κ2) is 7.08. The molecule has 3 N–H and O–H groups in total. The van der Waals surface area contributed by atoms with Crippen molar-refractivity contribution >= 4 is 17.5 Å². The first-order valence-electron chi connectivity index (χ1n) is 6.74. The van der Waals surface area contributed by atoms with Crippen molar-refractivity contribution in [2.75, 3.05) is 26.5 Å². The number of carbonyl (C=O) groups excluding carboxylic acids is 2. The van der Waals surface area contributed by atoms with Gasteiger partial charge < -0.3 is 20.7 Å². The van der Waals surface area contributed by atoms with Crippen molar-refractivity contribution in [2.45, 2.75) is 19.9 Å². The summed E-state index contributed by atoms with van der Waals surface area (Å²) in [6.45, 7) is 3.52. The molecule has 6 heteroatoms. The summed E-state index contributed by atoms with van der Waals surface area (Å²) in [7, 11) is 4.85. The Morgan fingerprint density at radius 3 is 2.38 bits per heavy atom. The van der Waals surface area contributed by atoms with E-state index in [0.717, 1.165) is 0 Å². The van der Waals surface area contributed by atoms with Gasteiger partial charge >= 0.3 is 0 Å². The Balaban J connectivity index is 3.06. The van der Waals surface area contributed by atoms with Gasteiger partial charge in [-0.05, 0) is 25.1 Å². The molecule has 0 saturated heterocycles. The van der Waals surface area contributed by atoms with Crippen molar-refractivity contribution in [2.24, 2.45) is 11.7 Å². The lowest BCUT2D eigenvalue weighted by Gasteiger charge is -2.18. The van der Waals surface area contributed by atoms with Gasteiger partial charge in [0.15, 0.2) is 0 Å². The molecule has 21 heavy (non-hydrogen) atoms. The maximum absolute atomic E-state index is 12.1. The number of carbonyl (C=O) groups is 2. The highest BCUT2D eigenvalue weighted by Gasteiger charge is 2.19. The van der Waals surface area contributed by atoms with Gasteiger partial charge in [0, 0.05) is 25.7 Å². The van der Waals surface area contributed by atoms with Crippen molar-refractivity contribution in [3.05, 3.63) is 23.8 Å². The SMILES string of the molecule is COc1ccc(C(=O)N(C)C)cc1NC(=O)C(C)C(C)N. The number of ether oxygens (including phenoxy) is 1. The molecule has 0 bridgehead atoms. The molecule has 1 aromatic rings. The molecule has 0 aliphatic heterocycles. The molecular weight excluding hydrogens is 270 g/mol. The summed E-state index contributed by atoms with van der Waals surface area (Å²) in [6, 6.07) is 4.66. The van der Waals surface area contributed by atoms with E-state index in [1.807, 2.05) is 0 Å². The normalized spacial score (nSPS) is 13.2. The molecule has 2 atom stereocenters. The largest absolute Gasteiger partial charge is 0.495 e. The number of hydrogen-bond acceptors (Lipinski definition) is 4. The number of amides is 2. The summed E-state index contributed by atoms with van der Waals surface area (Å²) >= 11 is 0. The smallest absolute Gasteiger partial charge is 0.253 e. The molecule has 0 saturated carbocycles. The number of benzene rings is 1. The first-order valence-corrected chi connectivity index (χ1v) is 6.74. The molecule has 0 heterocycles. The number of hydrogen-bond donors (Lipinski definition) is 2. The quantitative estimate of drug-likeness (QED) is 0.857. The molecule has 0 aliphatic carbocycles. The number of nitrogens with two attached hydrogens (primary N) is 1. The molecular formula is C15H23N3O3. The Hall–Kier alpha value is -2.08. The third kappa shape index (κ3) is 4.19. The summed E-state index contributed by atoms with van der Waals surface area (Å²) in [5.41, 5.74) is 6.66. The van der Waals surface area contributed by atoms with Crippen LogP contribution in [0.25, 0.3) is 0 Å². The Morgan fingerprint density at radius 1 is 1.29 bits per heavy atom. The van der Waals surface area contributed by atoms with Crippen LogP contribution in [0.3, 0.4) is 0 Å². The molecule has 2 unspecified atom stereocenters. The third-order valence-electron chi connectivity index (χ3n) is 3.31. The highest BCUT2D eigenvalue weighted by Crippen LogP contribution is 2.26. The highest BCUT2D eigenvalue weighted by molar-refractivity contribution is 5.98. The number of nitrogens with zero attached hydrogens (tertiary/aromatic N) is 1. The average molecular weight is 293 g/mol. The van der Waals surface area contributed by atoms with Gasteiger partial charge in [-0.15, -0.1) is 0 Å². The fourth-order valence-electron chi connectivity index (χ4n) is 1.68. The zero-order chi connectivity index (χ0) is 16.2. The molecule has 0 spiro atoms. The van der Waals surface area contributed by atoms with Gasteiger partial charge in [-0.1, -0.05) is 6.92 Å². The molecule has 0 radical (unpaired) electrons. The number of rotatable bonds is 5. The van der Waals surface area contributed by atoms with Gasteiger partial charge in [-0.2, -0.15) is 0 Å². The van der Waals surface area contributed by atoms with Crippen LogP contribution in [-0.4, -0.2) is 44.0 Å². The topological polar surface area (TPSA) is 84.7 Å². The van der Waals surface area contributed by atoms with Crippen LogP contribution in [0.4, 0.5) is 5.69 Å². The van der Waals surface area contributed by atoms with Crippen molar-refractivity contribution in [1.82, 2.24) is 4.90 Å². The molecule has 0 fully saturated rings. The first kappa shape index (κ1) is 17.0. The summed E-state index contributed by atoms with van der Waals surface area (Å²) in [4.78, 5) is 25.5. The molecule has 1 aromatic carbocycles. The van der Waals surface area contributed by atoms with Gasteiger partial charge in [0.25, 0.3) is 5.91 Å². The summed E-state index contributed by atoms with van der Waals surface area (Å²) in [5.74, 6) is -0.204. The van der Waals surface area contributed by atoms with Crippen LogP contribution >= 0.6 is 0 Å². The van der Waals surface area contributed by atoms with E-state index in [9.17, 15) is 9.59 Å². The maximum Gasteiger partial charge on any atom is 0.253 e. The van der Waals surface area contributed by atoms with E-state index in [2.05, 4.69) is 5.32 Å². The third-order valence-corrected chi connectivity index (χ3v) is 3.31. The standard InChI is InChI=1S/C15H23N3O3/c1-9(10(2)16)14(19)17-12-8-11(15(20)18(3)4)6-7-13(12)21-5/h6-10H,16H2,1-5H3,(H,17,19). The summed E-state index contributed by atoms with van der Waals surface area (Å²) < 4.78 is 5.21. The molecule has 6 nitrogen and oxygen atoms in total. The van der Waals surface area contributed by atoms with Crippen molar-refractivity contribution in [3.8, 4) is 5.75 Å². The minimum absolute atomic E-state index is 0.145. The lowest BCUT2D eigenvalue weighted by molar-refractivity contribution is -0.119. The molecule has 2 amide bonds. The van der Waals surface area contributed by atoms with E-state index in [1.54, 1.807) is 46.1 Å². The van der Waals surface area contributed by atoms with Crippen molar-refractivity contribution in [3.63, 3.8) is 0 Å². The zero-order valence-electron chi connectivity index (χ0n) is 13.1. The fraction of sp³-hybridized carbons (Fsp3) is 0.467. The van der Waals surface area contributed by atoms with Crippen molar-refractivity contribution < 1.29 is 14.3 Å². The van der Waals surface area contributed by atoms with Gasteiger partial charge in [-0.25, -0.2) is 0 Å². The van der Waals surface area contributed by atoms with E-state index in [1.165, 1.54) is 12.0 Å². The summed E-state index contributed by atoms with van der Waals surface area (Å²) in [6.07, 6.45) is 0. The number of methoxy groups -OCH3 is 1. The van der Waals surface area contributed by atoms with Crippen LogP contribution < -0.4 is 15.8 Å². The second-order valence-corrected chi connectivity index (χ2v) is 5.25. The van der Waals surface area contributed by atoms with E-state index in [-0.39, 0.29) is 23.8 Å². The Kier molecular flexibility index (Phi) is 5.72. The van der Waals surface area contributed by atoms with E-state index < -0.39 is 0 Å². The molecule has 0 aromatic heterocycles. The Bertz CT molecular complexity index is 527. The Labute approximate surface area is 125 Å². The van der Waals surface area contributed by atoms with Crippen molar-refractivity contribution in [1.29, 1.82) is 0 Å². The molecule has 116 valence electrons. The van der Waals surface area contributed by atoms with Crippen LogP contribution in [0.5, 0.6) is 5.75 Å². The Morgan fingerprint density at radius 2 is 1.90 bits per heavy atom. The first-order chi connectivity index (χ1) is 9.77. The van der Waals surface area contributed by atoms with E-state index in [4.69, 9.17) is 10.5 Å². The predicted molar refractivity (Wildman–Crippen MR) is 82.5 cm³/mol. The van der Waals surface area contributed by atoms with Gasteiger partial charge in [0.2, 0.25) is 5.91 Å². The molecule has 0 aliphatic rings. The van der Waals surface area contributed by atoms with Gasteiger partial charge in [0.05, 0.1) is 18.7 Å². The number of nitrogens with one attached hydrogen (secondary N) is 1. The van der Waals surface area contributed by atoms with Crippen LogP contribution in [0.1, 0.15) is 24.2 Å². The monoisotopic (exact) mass is 293 g/mol. The molecule has 1 rings (SSSR count). The van der Waals surface area contributed by atoms with Crippen LogP contribution in [0, 0.1) is 5.92 Å². The average Bonchev–Trinajstić information content (AvgIpc) is 2.45. The lowest BCUT2D eigenvalue weighted by atomic mass is 10.0. The highest BCUT2D eigenvalue weighted by atomic mass is 16.5. The minimum atomic E-state index is -0.345. The number of anilines is 1. The van der Waals surface area contributed by atoms with Crippen LogP contribution in [0.15, 0.2) is 18.2 Å². The fourth-order valence-corrected chi connectivity index (χ4v) is 1.68. The lowest BCUT2D eigenvalue weighted by Crippen LogP contribution is -2.34. The second-order valence-electron chi connectivity index (χ2n) is 5.25. The van der Waals surface area contributed by atoms with Crippen LogP contribution in [0.2, 0.25) is 0 Å². The minimum Gasteiger partial charge on any atom is -0.495 e. The van der Waals surface area contributed by atoms with Gasteiger partial charge in [-0.3, -0.25) is 9.59 Å². The van der Waals surface area contributed by atoms with Crippen LogP contribution in [-0.2, 0) is 4.79 Å². The predicted octanol–water partition coefficient (Wildman–Crippen LogP) is 1.32. The zero-order valence-corrected chi connectivity index (χ0v) is 13.1.